The fraction of sp³-hybridized carbons (Fsp3) is 0.667. The number of rotatable bonds is 4. The summed E-state index contributed by atoms with van der Waals surface area (Å²) in [5.74, 6) is 1.52. The number of epoxide rings is 1. The molecule has 112 valence electrons. The Balaban J connectivity index is 2.38. The lowest BCUT2D eigenvalue weighted by molar-refractivity contribution is 0.356. The van der Waals surface area contributed by atoms with Gasteiger partial charge in [-0.15, -0.1) is 0 Å². The first-order valence-electron chi connectivity index (χ1n) is 7.58. The minimum Gasteiger partial charge on any atom is -0.496 e. The van der Waals surface area contributed by atoms with Gasteiger partial charge in [0.15, 0.2) is 0 Å². The normalized spacial score (nSPS) is 23.6. The highest BCUT2D eigenvalue weighted by Gasteiger charge is 2.36. The number of hydrogen-bond donors (Lipinski definition) is 0. The molecule has 0 bridgehead atoms. The van der Waals surface area contributed by atoms with E-state index < -0.39 is 0 Å². The fourth-order valence-corrected chi connectivity index (χ4v) is 2.91. The van der Waals surface area contributed by atoms with Crippen LogP contribution in [0.1, 0.15) is 63.6 Å². The van der Waals surface area contributed by atoms with E-state index in [9.17, 15) is 0 Å². The Morgan fingerprint density at radius 1 is 1.30 bits per heavy atom. The van der Waals surface area contributed by atoms with Crippen molar-refractivity contribution < 1.29 is 9.47 Å². The lowest BCUT2D eigenvalue weighted by Gasteiger charge is -2.26. The van der Waals surface area contributed by atoms with Gasteiger partial charge < -0.3 is 9.47 Å². The fourth-order valence-electron chi connectivity index (χ4n) is 2.91. The zero-order valence-electron chi connectivity index (χ0n) is 13.9. The third-order valence-corrected chi connectivity index (χ3v) is 4.23. The summed E-state index contributed by atoms with van der Waals surface area (Å²) < 4.78 is 11.3. The molecule has 0 aromatic heterocycles. The Morgan fingerprint density at radius 2 is 1.90 bits per heavy atom. The number of ether oxygens (including phenoxy) is 2. The summed E-state index contributed by atoms with van der Waals surface area (Å²) in [4.78, 5) is 0. The molecule has 0 radical (unpaired) electrons. The van der Waals surface area contributed by atoms with Gasteiger partial charge in [0.05, 0.1) is 19.3 Å². The van der Waals surface area contributed by atoms with Crippen molar-refractivity contribution in [2.45, 2.75) is 71.5 Å². The molecule has 3 atom stereocenters. The Labute approximate surface area is 123 Å². The van der Waals surface area contributed by atoms with Crippen molar-refractivity contribution in [1.82, 2.24) is 0 Å². The maximum Gasteiger partial charge on any atom is 0.126 e. The molecule has 20 heavy (non-hydrogen) atoms. The van der Waals surface area contributed by atoms with Gasteiger partial charge in [-0.1, -0.05) is 45.4 Å². The van der Waals surface area contributed by atoms with E-state index in [0.29, 0.717) is 18.1 Å². The van der Waals surface area contributed by atoms with Crippen LogP contribution < -0.4 is 4.74 Å². The summed E-state index contributed by atoms with van der Waals surface area (Å²) in [6, 6.07) is 4.52. The number of benzene rings is 1. The van der Waals surface area contributed by atoms with Gasteiger partial charge in [-0.2, -0.15) is 0 Å². The minimum atomic E-state index is 0.0925. The molecule has 1 fully saturated rings. The second-order valence-corrected chi connectivity index (χ2v) is 7.20. The van der Waals surface area contributed by atoms with Gasteiger partial charge in [0.2, 0.25) is 0 Å². The van der Waals surface area contributed by atoms with Crippen molar-refractivity contribution in [3.8, 4) is 5.75 Å². The summed E-state index contributed by atoms with van der Waals surface area (Å²) in [5, 5.41) is 0. The predicted octanol–water partition coefficient (Wildman–Crippen LogP) is 4.58. The predicted molar refractivity (Wildman–Crippen MR) is 83.8 cm³/mol. The molecule has 1 aromatic rings. The van der Waals surface area contributed by atoms with Crippen LogP contribution in [-0.4, -0.2) is 19.3 Å². The number of aryl methyl sites for hydroxylation is 1. The Hall–Kier alpha value is -1.02. The zero-order valence-corrected chi connectivity index (χ0v) is 13.9. The van der Waals surface area contributed by atoms with E-state index >= 15 is 0 Å². The van der Waals surface area contributed by atoms with Crippen LogP contribution in [0.3, 0.4) is 0 Å². The average Bonchev–Trinajstić information content (AvgIpc) is 3.02. The zero-order chi connectivity index (χ0) is 15.1. The van der Waals surface area contributed by atoms with Crippen molar-refractivity contribution in [3.63, 3.8) is 0 Å². The quantitative estimate of drug-likeness (QED) is 0.751. The smallest absolute Gasteiger partial charge is 0.126 e. The molecule has 2 rings (SSSR count). The SMILES string of the molecule is COc1c(C(C)CC2OC2C)cc(C)cc1C(C)(C)C. The van der Waals surface area contributed by atoms with E-state index in [2.05, 4.69) is 53.7 Å². The van der Waals surface area contributed by atoms with E-state index in [1.54, 1.807) is 7.11 Å². The highest BCUT2D eigenvalue weighted by Crippen LogP contribution is 2.41. The van der Waals surface area contributed by atoms with Crippen LogP contribution in [0.2, 0.25) is 0 Å². The molecule has 0 N–H and O–H groups in total. The molecule has 0 saturated carbocycles. The van der Waals surface area contributed by atoms with E-state index in [1.165, 1.54) is 16.7 Å². The van der Waals surface area contributed by atoms with Crippen LogP contribution in [0.4, 0.5) is 0 Å². The minimum absolute atomic E-state index is 0.0925. The van der Waals surface area contributed by atoms with Gasteiger partial charge in [-0.25, -0.2) is 0 Å². The molecular weight excluding hydrogens is 248 g/mol. The molecule has 3 unspecified atom stereocenters. The van der Waals surface area contributed by atoms with Crippen molar-refractivity contribution >= 4 is 0 Å². The third-order valence-electron chi connectivity index (χ3n) is 4.23. The maximum atomic E-state index is 5.77. The first-order chi connectivity index (χ1) is 9.24. The lowest BCUT2D eigenvalue weighted by atomic mass is 9.81. The molecule has 1 saturated heterocycles. The van der Waals surface area contributed by atoms with Crippen LogP contribution in [-0.2, 0) is 10.2 Å². The first kappa shape index (κ1) is 15.4. The number of hydrogen-bond acceptors (Lipinski definition) is 2. The maximum absolute atomic E-state index is 5.77. The monoisotopic (exact) mass is 276 g/mol. The second-order valence-electron chi connectivity index (χ2n) is 7.20. The number of methoxy groups -OCH3 is 1. The molecule has 2 heteroatoms. The van der Waals surface area contributed by atoms with Gasteiger partial charge in [-0.05, 0) is 37.2 Å². The molecule has 1 aliphatic heterocycles. The van der Waals surface area contributed by atoms with Gasteiger partial charge in [-0.3, -0.25) is 0 Å². The van der Waals surface area contributed by atoms with Crippen LogP contribution in [0.15, 0.2) is 12.1 Å². The lowest BCUT2D eigenvalue weighted by Crippen LogP contribution is -2.15. The summed E-state index contributed by atoms with van der Waals surface area (Å²) >= 11 is 0. The van der Waals surface area contributed by atoms with Gasteiger partial charge in [0.25, 0.3) is 0 Å². The first-order valence-corrected chi connectivity index (χ1v) is 7.58. The molecule has 1 heterocycles. The van der Waals surface area contributed by atoms with E-state index in [1.807, 2.05) is 0 Å². The molecule has 2 nitrogen and oxygen atoms in total. The summed E-state index contributed by atoms with van der Waals surface area (Å²) in [5.41, 5.74) is 4.02. The summed E-state index contributed by atoms with van der Waals surface area (Å²) in [7, 11) is 1.78. The molecule has 1 aromatic carbocycles. The Bertz CT molecular complexity index is 485. The molecule has 1 aliphatic rings. The van der Waals surface area contributed by atoms with E-state index in [-0.39, 0.29) is 5.41 Å². The van der Waals surface area contributed by atoms with Crippen molar-refractivity contribution in [2.75, 3.05) is 7.11 Å². The highest BCUT2D eigenvalue weighted by molar-refractivity contribution is 5.49. The third kappa shape index (κ3) is 3.17. The van der Waals surface area contributed by atoms with Crippen LogP contribution >= 0.6 is 0 Å². The topological polar surface area (TPSA) is 21.8 Å². The van der Waals surface area contributed by atoms with Crippen LogP contribution in [0.5, 0.6) is 5.75 Å². The Morgan fingerprint density at radius 3 is 2.35 bits per heavy atom. The molecular formula is C18H28O2. The van der Waals surface area contributed by atoms with Gasteiger partial charge in [0.1, 0.15) is 5.75 Å². The Kier molecular flexibility index (Phi) is 4.15. The van der Waals surface area contributed by atoms with Gasteiger partial charge in [0, 0.05) is 5.56 Å². The van der Waals surface area contributed by atoms with Gasteiger partial charge >= 0.3 is 0 Å². The van der Waals surface area contributed by atoms with E-state index in [4.69, 9.17) is 9.47 Å². The van der Waals surface area contributed by atoms with Crippen LogP contribution in [0.25, 0.3) is 0 Å². The van der Waals surface area contributed by atoms with Crippen molar-refractivity contribution in [1.29, 1.82) is 0 Å². The standard InChI is InChI=1S/C18H28O2/c1-11-8-14(12(2)10-16-13(3)20-16)17(19-7)15(9-11)18(4,5)6/h8-9,12-13,16H,10H2,1-7H3. The van der Waals surface area contributed by atoms with Crippen molar-refractivity contribution in [2.24, 2.45) is 0 Å². The van der Waals surface area contributed by atoms with Crippen LogP contribution in [0, 0.1) is 6.92 Å². The van der Waals surface area contributed by atoms with Crippen molar-refractivity contribution in [3.05, 3.63) is 28.8 Å². The summed E-state index contributed by atoms with van der Waals surface area (Å²) in [6.07, 6.45) is 1.92. The van der Waals surface area contributed by atoms with E-state index in [0.717, 1.165) is 12.2 Å². The highest BCUT2D eigenvalue weighted by atomic mass is 16.6. The second kappa shape index (κ2) is 5.40. The molecule has 0 aliphatic carbocycles. The summed E-state index contributed by atoms with van der Waals surface area (Å²) in [6.45, 7) is 13.3. The largest absolute Gasteiger partial charge is 0.496 e. The average molecular weight is 276 g/mol. The molecule has 0 spiro atoms. The molecule has 0 amide bonds.